The van der Waals surface area contributed by atoms with Crippen molar-refractivity contribution >= 4 is 23.2 Å². The van der Waals surface area contributed by atoms with E-state index in [0.29, 0.717) is 17.1 Å². The van der Waals surface area contributed by atoms with Gasteiger partial charge in [0, 0.05) is 6.07 Å². The van der Waals surface area contributed by atoms with E-state index in [1.165, 1.54) is 12.1 Å². The second-order valence-corrected chi connectivity index (χ2v) is 4.72. The molecule has 0 spiro atoms. The number of hydrogen-bond acceptors (Lipinski definition) is 2. The van der Waals surface area contributed by atoms with Gasteiger partial charge < -0.3 is 10.4 Å². The number of carbonyl (C=O) groups is 1. The molecule has 4 heteroatoms. The highest BCUT2D eigenvalue weighted by atomic mass is 35.5. The summed E-state index contributed by atoms with van der Waals surface area (Å²) >= 11 is 5.93. The fourth-order valence-electron chi connectivity index (χ4n) is 1.78. The number of aromatic hydroxyl groups is 1. The lowest BCUT2D eigenvalue weighted by molar-refractivity contribution is -0.115. The smallest absolute Gasteiger partial charge is 0.228 e. The van der Waals surface area contributed by atoms with Crippen LogP contribution in [0, 0.1) is 6.92 Å². The van der Waals surface area contributed by atoms with Gasteiger partial charge in [0.15, 0.2) is 0 Å². The zero-order valence-corrected chi connectivity index (χ0v) is 11.2. The van der Waals surface area contributed by atoms with Gasteiger partial charge in [0.05, 0.1) is 17.1 Å². The Hall–Kier alpha value is -2.00. The average molecular weight is 276 g/mol. The minimum Gasteiger partial charge on any atom is -0.508 e. The Morgan fingerprint density at radius 2 is 2.00 bits per heavy atom. The molecular weight excluding hydrogens is 262 g/mol. The fraction of sp³-hybridized carbons (Fsp3) is 0.133. The van der Waals surface area contributed by atoms with Crippen LogP contribution in [0.5, 0.6) is 5.75 Å². The summed E-state index contributed by atoms with van der Waals surface area (Å²) in [5.41, 5.74) is 2.56. The minimum absolute atomic E-state index is 0.0712. The third-order valence-electron chi connectivity index (χ3n) is 2.84. The number of anilines is 1. The topological polar surface area (TPSA) is 49.3 Å². The molecule has 0 aliphatic heterocycles. The lowest BCUT2D eigenvalue weighted by Crippen LogP contribution is -2.15. The molecule has 0 fully saturated rings. The number of nitrogens with one attached hydrogen (secondary N) is 1. The van der Waals surface area contributed by atoms with Crippen LogP contribution in [0.3, 0.4) is 0 Å². The van der Waals surface area contributed by atoms with Crippen LogP contribution in [0.15, 0.2) is 42.5 Å². The van der Waals surface area contributed by atoms with Crippen molar-refractivity contribution in [3.63, 3.8) is 0 Å². The Kier molecular flexibility index (Phi) is 4.07. The molecule has 2 aromatic carbocycles. The molecule has 0 aliphatic rings. The van der Waals surface area contributed by atoms with E-state index < -0.39 is 0 Å². The van der Waals surface area contributed by atoms with E-state index in [0.717, 1.165) is 11.1 Å². The molecule has 98 valence electrons. The Bertz CT molecular complexity index is 611. The van der Waals surface area contributed by atoms with Crippen molar-refractivity contribution in [3.8, 4) is 5.75 Å². The van der Waals surface area contributed by atoms with E-state index in [4.69, 9.17) is 11.6 Å². The number of amides is 1. The molecule has 0 aromatic heterocycles. The van der Waals surface area contributed by atoms with E-state index in [1.807, 2.05) is 31.2 Å². The molecule has 0 saturated heterocycles. The van der Waals surface area contributed by atoms with Gasteiger partial charge in [0.25, 0.3) is 0 Å². The van der Waals surface area contributed by atoms with Crippen LogP contribution in [0.2, 0.25) is 5.02 Å². The van der Waals surface area contributed by atoms with Gasteiger partial charge in [-0.05, 0) is 30.2 Å². The fourth-order valence-corrected chi connectivity index (χ4v) is 2.00. The van der Waals surface area contributed by atoms with Gasteiger partial charge in [-0.2, -0.15) is 0 Å². The zero-order chi connectivity index (χ0) is 13.8. The number of rotatable bonds is 3. The van der Waals surface area contributed by atoms with Gasteiger partial charge >= 0.3 is 0 Å². The molecule has 1 amide bonds. The van der Waals surface area contributed by atoms with Crippen LogP contribution >= 0.6 is 11.6 Å². The average Bonchev–Trinajstić information content (AvgIpc) is 2.36. The normalized spacial score (nSPS) is 10.2. The Morgan fingerprint density at radius 1 is 1.26 bits per heavy atom. The summed E-state index contributed by atoms with van der Waals surface area (Å²) in [5.74, 6) is -0.0659. The van der Waals surface area contributed by atoms with Crippen molar-refractivity contribution in [2.75, 3.05) is 5.32 Å². The number of aryl methyl sites for hydroxylation is 1. The number of phenols is 1. The molecule has 0 heterocycles. The Morgan fingerprint density at radius 3 is 2.68 bits per heavy atom. The monoisotopic (exact) mass is 275 g/mol. The summed E-state index contributed by atoms with van der Waals surface area (Å²) in [7, 11) is 0. The van der Waals surface area contributed by atoms with Crippen molar-refractivity contribution in [1.29, 1.82) is 0 Å². The van der Waals surface area contributed by atoms with Crippen LogP contribution < -0.4 is 5.32 Å². The quantitative estimate of drug-likeness (QED) is 0.842. The molecule has 0 unspecified atom stereocenters. The third-order valence-corrected chi connectivity index (χ3v) is 3.15. The summed E-state index contributed by atoms with van der Waals surface area (Å²) in [4.78, 5) is 11.9. The van der Waals surface area contributed by atoms with E-state index in [-0.39, 0.29) is 11.7 Å². The molecule has 3 nitrogen and oxygen atoms in total. The van der Waals surface area contributed by atoms with E-state index >= 15 is 0 Å². The van der Waals surface area contributed by atoms with Gasteiger partial charge in [0.2, 0.25) is 5.91 Å². The minimum atomic E-state index is -0.137. The zero-order valence-electron chi connectivity index (χ0n) is 10.5. The first-order valence-corrected chi connectivity index (χ1v) is 6.27. The molecular formula is C15H14ClNO2. The number of hydrogen-bond donors (Lipinski definition) is 2. The number of benzene rings is 2. The van der Waals surface area contributed by atoms with Gasteiger partial charge in [-0.15, -0.1) is 0 Å². The highest BCUT2D eigenvalue weighted by molar-refractivity contribution is 6.33. The molecule has 2 aromatic rings. The Balaban J connectivity index is 2.08. The molecule has 0 atom stereocenters. The summed E-state index contributed by atoms with van der Waals surface area (Å²) in [6.07, 6.45) is 0.296. The van der Waals surface area contributed by atoms with Gasteiger partial charge in [0.1, 0.15) is 5.75 Å². The summed E-state index contributed by atoms with van der Waals surface area (Å²) in [6.45, 7) is 1.97. The largest absolute Gasteiger partial charge is 0.508 e. The maximum Gasteiger partial charge on any atom is 0.228 e. The van der Waals surface area contributed by atoms with E-state index in [2.05, 4.69) is 5.32 Å². The second-order valence-electron chi connectivity index (χ2n) is 4.32. The van der Waals surface area contributed by atoms with Crippen molar-refractivity contribution in [3.05, 3.63) is 58.6 Å². The molecule has 0 radical (unpaired) electrons. The van der Waals surface area contributed by atoms with Crippen LogP contribution in [0.25, 0.3) is 0 Å². The van der Waals surface area contributed by atoms with Crippen molar-refractivity contribution < 1.29 is 9.90 Å². The first kappa shape index (κ1) is 13.4. The summed E-state index contributed by atoms with van der Waals surface area (Å²) < 4.78 is 0. The number of halogens is 1. The van der Waals surface area contributed by atoms with Crippen LogP contribution in [0.1, 0.15) is 11.1 Å². The third kappa shape index (κ3) is 3.48. The van der Waals surface area contributed by atoms with Gasteiger partial charge in [-0.3, -0.25) is 4.79 Å². The molecule has 0 bridgehead atoms. The van der Waals surface area contributed by atoms with Gasteiger partial charge in [-0.25, -0.2) is 0 Å². The molecule has 19 heavy (non-hydrogen) atoms. The maximum absolute atomic E-state index is 11.9. The first-order chi connectivity index (χ1) is 9.06. The summed E-state index contributed by atoms with van der Waals surface area (Å²) in [5, 5.41) is 12.3. The van der Waals surface area contributed by atoms with Crippen molar-refractivity contribution in [2.45, 2.75) is 13.3 Å². The molecule has 2 N–H and O–H groups in total. The predicted molar refractivity (Wildman–Crippen MR) is 76.6 cm³/mol. The predicted octanol–water partition coefficient (Wildman–Crippen LogP) is 3.54. The second kappa shape index (κ2) is 5.76. The van der Waals surface area contributed by atoms with E-state index in [9.17, 15) is 9.90 Å². The van der Waals surface area contributed by atoms with Crippen LogP contribution in [-0.2, 0) is 11.2 Å². The maximum atomic E-state index is 11.9. The summed E-state index contributed by atoms with van der Waals surface area (Å²) in [6, 6.07) is 12.2. The highest BCUT2D eigenvalue weighted by Gasteiger charge is 2.08. The highest BCUT2D eigenvalue weighted by Crippen LogP contribution is 2.26. The van der Waals surface area contributed by atoms with Crippen molar-refractivity contribution in [2.24, 2.45) is 0 Å². The lowest BCUT2D eigenvalue weighted by atomic mass is 10.1. The first-order valence-electron chi connectivity index (χ1n) is 5.89. The SMILES string of the molecule is Cc1ccccc1CC(=O)Nc1ccc(O)cc1Cl. The van der Waals surface area contributed by atoms with E-state index in [1.54, 1.807) is 6.07 Å². The van der Waals surface area contributed by atoms with Crippen LogP contribution in [0.4, 0.5) is 5.69 Å². The van der Waals surface area contributed by atoms with Gasteiger partial charge in [-0.1, -0.05) is 35.9 Å². The standard InChI is InChI=1S/C15H14ClNO2/c1-10-4-2-3-5-11(10)8-15(19)17-14-7-6-12(18)9-13(14)16/h2-7,9,18H,8H2,1H3,(H,17,19). The van der Waals surface area contributed by atoms with Crippen molar-refractivity contribution in [1.82, 2.24) is 0 Å². The molecule has 2 rings (SSSR count). The number of phenolic OH excluding ortho intramolecular Hbond substituents is 1. The lowest BCUT2D eigenvalue weighted by Gasteiger charge is -2.09. The molecule has 0 saturated carbocycles. The number of carbonyl (C=O) groups excluding carboxylic acids is 1. The molecule has 0 aliphatic carbocycles. The van der Waals surface area contributed by atoms with Crippen LogP contribution in [-0.4, -0.2) is 11.0 Å². The Labute approximate surface area is 116 Å².